The maximum atomic E-state index is 9.32. The highest BCUT2D eigenvalue weighted by molar-refractivity contribution is 7.61. The van der Waals surface area contributed by atoms with Crippen LogP contribution in [0.25, 0.3) is 0 Å². The third-order valence-electron chi connectivity index (χ3n) is 4.72. The average molecular weight is 412 g/mol. The molecule has 0 bridgehead atoms. The van der Waals surface area contributed by atoms with Gasteiger partial charge in [-0.25, -0.2) is 0 Å². The first-order valence-corrected chi connectivity index (χ1v) is 12.6. The monoisotopic (exact) mass is 411 g/mol. The molecule has 0 spiro atoms. The van der Waals surface area contributed by atoms with Crippen molar-refractivity contribution in [2.75, 3.05) is 26.5 Å². The summed E-state index contributed by atoms with van der Waals surface area (Å²) in [4.78, 5) is 0. The molecule has 0 radical (unpaired) electrons. The van der Waals surface area contributed by atoms with E-state index in [0.29, 0.717) is 6.61 Å². The second-order valence-corrected chi connectivity index (χ2v) is 9.33. The number of aliphatic hydroxyl groups excluding tert-OH is 3. The quantitative estimate of drug-likeness (QED) is 0.123. The summed E-state index contributed by atoms with van der Waals surface area (Å²) in [5, 5.41) is 27.0. The lowest BCUT2D eigenvalue weighted by Crippen LogP contribution is -2.13. The zero-order valence-corrected chi connectivity index (χ0v) is 18.3. The second-order valence-electron chi connectivity index (χ2n) is 7.05. The normalized spacial score (nSPS) is 12.0. The standard InChI is InChI=1S/C20H44O6P/c1-2-3-4-5-6-7-8-9-10-11-12-13-14-15-16-17-24-27(20-23,25-18-21)26-19-22/h21-23H,2-20H2,1H3/q+1. The van der Waals surface area contributed by atoms with Gasteiger partial charge in [0.1, 0.15) is 0 Å². The topological polar surface area (TPSA) is 88.4 Å². The molecule has 0 aliphatic heterocycles. The van der Waals surface area contributed by atoms with E-state index in [9.17, 15) is 5.11 Å². The van der Waals surface area contributed by atoms with Crippen molar-refractivity contribution in [2.45, 2.75) is 103 Å². The summed E-state index contributed by atoms with van der Waals surface area (Å²) in [5.41, 5.74) is 0. The van der Waals surface area contributed by atoms with Crippen LogP contribution in [-0.2, 0) is 13.6 Å². The van der Waals surface area contributed by atoms with Crippen LogP contribution >= 0.6 is 7.94 Å². The van der Waals surface area contributed by atoms with Crippen molar-refractivity contribution in [3.8, 4) is 0 Å². The van der Waals surface area contributed by atoms with Crippen LogP contribution in [0.5, 0.6) is 0 Å². The first-order chi connectivity index (χ1) is 13.2. The lowest BCUT2D eigenvalue weighted by Gasteiger charge is -2.18. The summed E-state index contributed by atoms with van der Waals surface area (Å²) in [7, 11) is -3.01. The summed E-state index contributed by atoms with van der Waals surface area (Å²) in [6.07, 6.45) is 19.0. The van der Waals surface area contributed by atoms with Crippen molar-refractivity contribution < 1.29 is 28.9 Å². The van der Waals surface area contributed by atoms with Gasteiger partial charge in [0.15, 0.2) is 13.6 Å². The third kappa shape index (κ3) is 16.8. The summed E-state index contributed by atoms with van der Waals surface area (Å²) in [6.45, 7) is 1.45. The van der Waals surface area contributed by atoms with Crippen LogP contribution in [0.2, 0.25) is 0 Å². The van der Waals surface area contributed by atoms with E-state index in [2.05, 4.69) is 6.92 Å². The van der Waals surface area contributed by atoms with Gasteiger partial charge in [-0.2, -0.15) is 4.52 Å². The zero-order chi connectivity index (χ0) is 20.1. The molecular weight excluding hydrogens is 367 g/mol. The number of rotatable bonds is 22. The van der Waals surface area contributed by atoms with E-state index in [4.69, 9.17) is 23.8 Å². The molecule has 27 heavy (non-hydrogen) atoms. The largest absolute Gasteiger partial charge is 0.443 e. The highest BCUT2D eigenvalue weighted by atomic mass is 31.2. The molecule has 0 saturated heterocycles. The van der Waals surface area contributed by atoms with E-state index < -0.39 is 27.9 Å². The van der Waals surface area contributed by atoms with E-state index in [1.54, 1.807) is 0 Å². The van der Waals surface area contributed by atoms with E-state index in [1.807, 2.05) is 0 Å². The number of hydrogen-bond acceptors (Lipinski definition) is 6. The highest BCUT2D eigenvalue weighted by Gasteiger charge is 2.45. The molecule has 0 aliphatic carbocycles. The van der Waals surface area contributed by atoms with Crippen molar-refractivity contribution >= 4 is 7.94 Å². The summed E-state index contributed by atoms with van der Waals surface area (Å²) >= 11 is 0. The molecule has 0 aromatic carbocycles. The molecule has 3 N–H and O–H groups in total. The Morgan fingerprint density at radius 1 is 0.519 bits per heavy atom. The van der Waals surface area contributed by atoms with Crippen LogP contribution in [0, 0.1) is 0 Å². The Labute approximate surface area is 167 Å². The molecule has 0 atom stereocenters. The lowest BCUT2D eigenvalue weighted by molar-refractivity contribution is 0.00583. The minimum atomic E-state index is -3.01. The lowest BCUT2D eigenvalue weighted by atomic mass is 10.0. The van der Waals surface area contributed by atoms with Gasteiger partial charge < -0.3 is 15.3 Å². The molecule has 0 aliphatic rings. The van der Waals surface area contributed by atoms with Crippen LogP contribution in [0.15, 0.2) is 0 Å². The van der Waals surface area contributed by atoms with E-state index in [0.717, 1.165) is 12.8 Å². The van der Waals surface area contributed by atoms with Gasteiger partial charge in [-0.05, 0) is 6.42 Å². The third-order valence-corrected chi connectivity index (χ3v) is 6.66. The van der Waals surface area contributed by atoms with Crippen molar-refractivity contribution in [3.05, 3.63) is 0 Å². The summed E-state index contributed by atoms with van der Waals surface area (Å²) < 4.78 is 15.4. The zero-order valence-electron chi connectivity index (χ0n) is 17.4. The second kappa shape index (κ2) is 20.9. The molecule has 0 fully saturated rings. The fraction of sp³-hybridized carbons (Fsp3) is 1.00. The smallest absolute Gasteiger partial charge is 0.367 e. The summed E-state index contributed by atoms with van der Waals surface area (Å²) in [6, 6.07) is 0. The molecular formula is C20H44O6P+. The van der Waals surface area contributed by atoms with Crippen LogP contribution in [0.3, 0.4) is 0 Å². The molecule has 164 valence electrons. The molecule has 0 aromatic rings. The van der Waals surface area contributed by atoms with E-state index in [1.165, 1.54) is 83.5 Å². The fourth-order valence-corrected chi connectivity index (χ4v) is 4.31. The van der Waals surface area contributed by atoms with Crippen molar-refractivity contribution in [1.82, 2.24) is 0 Å². The van der Waals surface area contributed by atoms with Crippen molar-refractivity contribution in [3.63, 3.8) is 0 Å². The van der Waals surface area contributed by atoms with Gasteiger partial charge in [0.25, 0.3) is 0 Å². The van der Waals surface area contributed by atoms with Crippen LogP contribution in [0.1, 0.15) is 103 Å². The Balaban J connectivity index is 3.37. The van der Waals surface area contributed by atoms with Gasteiger partial charge >= 0.3 is 7.94 Å². The van der Waals surface area contributed by atoms with Gasteiger partial charge in [0.05, 0.1) is 6.61 Å². The Hall–Kier alpha value is 0.190. The highest BCUT2D eigenvalue weighted by Crippen LogP contribution is 2.60. The van der Waals surface area contributed by atoms with Crippen LogP contribution in [-0.4, -0.2) is 41.9 Å². The average Bonchev–Trinajstić information content (AvgIpc) is 2.68. The molecule has 0 unspecified atom stereocenters. The fourth-order valence-electron chi connectivity index (χ4n) is 3.09. The van der Waals surface area contributed by atoms with Gasteiger partial charge in [0.2, 0.25) is 6.35 Å². The minimum absolute atomic E-state index is 0.395. The maximum absolute atomic E-state index is 9.32. The molecule has 0 amide bonds. The van der Waals surface area contributed by atoms with E-state index >= 15 is 0 Å². The first-order valence-electron chi connectivity index (χ1n) is 10.9. The molecule has 0 saturated carbocycles. The number of aliphatic hydroxyl groups is 3. The van der Waals surface area contributed by atoms with Gasteiger partial charge in [-0.3, -0.25) is 0 Å². The van der Waals surface area contributed by atoms with Gasteiger partial charge in [-0.1, -0.05) is 96.8 Å². The first kappa shape index (κ1) is 27.2. The van der Waals surface area contributed by atoms with E-state index in [-0.39, 0.29) is 0 Å². The molecule has 6 nitrogen and oxygen atoms in total. The Bertz CT molecular complexity index is 288. The number of hydrogen-bond donors (Lipinski definition) is 3. The van der Waals surface area contributed by atoms with Gasteiger partial charge in [-0.15, -0.1) is 9.05 Å². The minimum Gasteiger partial charge on any atom is -0.367 e. The number of unbranched alkanes of at least 4 members (excludes halogenated alkanes) is 14. The maximum Gasteiger partial charge on any atom is 0.443 e. The Morgan fingerprint density at radius 3 is 1.22 bits per heavy atom. The predicted octanol–water partition coefficient (Wildman–Crippen LogP) is 5.52. The summed E-state index contributed by atoms with van der Waals surface area (Å²) in [5.74, 6) is 0. The predicted molar refractivity (Wildman–Crippen MR) is 111 cm³/mol. The Morgan fingerprint density at radius 2 is 0.889 bits per heavy atom. The SMILES string of the molecule is CCCCCCCCCCCCCCCCCO[P+](CO)(OCO)OCO. The van der Waals surface area contributed by atoms with Gasteiger partial charge in [0, 0.05) is 0 Å². The molecule has 0 aromatic heterocycles. The van der Waals surface area contributed by atoms with Crippen LogP contribution < -0.4 is 0 Å². The molecule has 0 heterocycles. The molecule has 7 heteroatoms. The molecule has 0 rings (SSSR count). The van der Waals surface area contributed by atoms with Crippen molar-refractivity contribution in [2.24, 2.45) is 0 Å². The van der Waals surface area contributed by atoms with Crippen LogP contribution in [0.4, 0.5) is 0 Å². The Kier molecular flexibility index (Phi) is 21.1. The van der Waals surface area contributed by atoms with Crippen molar-refractivity contribution in [1.29, 1.82) is 0 Å².